The molecular formula is C47H34N4O3Pt. The van der Waals surface area contributed by atoms with E-state index in [4.69, 9.17) is 24.3 Å². The molecule has 6 aromatic carbocycles. The van der Waals surface area contributed by atoms with Crippen LogP contribution in [0.1, 0.15) is 25.3 Å². The SMILES string of the molecule is CC(C)c1ccnc(-n2c3[c-]c(Oc4[c-]c(-n5cc(-c6c(Oc7ccccc7)cccc6Oc6ccccc6)cn5)ccc4)ccc3c3ccccc32)c1.[Pt+2]. The number of fused-ring (bicyclic) bond motifs is 3. The number of ether oxygens (including phenoxy) is 3. The molecule has 0 fully saturated rings. The van der Waals surface area contributed by atoms with Crippen molar-refractivity contribution < 1.29 is 35.3 Å². The Morgan fingerprint density at radius 1 is 0.618 bits per heavy atom. The van der Waals surface area contributed by atoms with E-state index in [0.29, 0.717) is 34.6 Å². The summed E-state index contributed by atoms with van der Waals surface area (Å²) in [5.41, 5.74) is 5.46. The first-order chi connectivity index (χ1) is 26.6. The van der Waals surface area contributed by atoms with Crippen LogP contribution in [0.15, 0.2) is 164 Å². The third-order valence-electron chi connectivity index (χ3n) is 9.24. The van der Waals surface area contributed by atoms with Crippen molar-refractivity contribution >= 4 is 21.8 Å². The summed E-state index contributed by atoms with van der Waals surface area (Å²) in [6.45, 7) is 4.38. The van der Waals surface area contributed by atoms with Crippen LogP contribution in [-0.4, -0.2) is 19.3 Å². The molecule has 0 bridgehead atoms. The fraction of sp³-hybridized carbons (Fsp3) is 0.0638. The van der Waals surface area contributed by atoms with Gasteiger partial charge in [-0.05, 0) is 77.2 Å². The molecule has 0 atom stereocenters. The van der Waals surface area contributed by atoms with Gasteiger partial charge in [0.1, 0.15) is 28.8 Å². The van der Waals surface area contributed by atoms with Crippen molar-refractivity contribution in [2.24, 2.45) is 0 Å². The second kappa shape index (κ2) is 15.5. The van der Waals surface area contributed by atoms with E-state index in [2.05, 4.69) is 73.0 Å². The summed E-state index contributed by atoms with van der Waals surface area (Å²) in [4.78, 5) is 4.77. The topological polar surface area (TPSA) is 63.3 Å². The smallest absolute Gasteiger partial charge is 0.509 e. The first-order valence-corrected chi connectivity index (χ1v) is 17.8. The zero-order valence-electron chi connectivity index (χ0n) is 30.0. The summed E-state index contributed by atoms with van der Waals surface area (Å²) in [7, 11) is 0. The van der Waals surface area contributed by atoms with Gasteiger partial charge in [-0.1, -0.05) is 80.0 Å². The summed E-state index contributed by atoms with van der Waals surface area (Å²) in [6, 6.07) is 54.5. The second-order valence-electron chi connectivity index (χ2n) is 13.2. The van der Waals surface area contributed by atoms with E-state index in [9.17, 15) is 0 Å². The van der Waals surface area contributed by atoms with Crippen LogP contribution in [0.4, 0.5) is 0 Å². The monoisotopic (exact) mass is 897 g/mol. The Morgan fingerprint density at radius 3 is 2.02 bits per heavy atom. The average Bonchev–Trinajstić information content (AvgIpc) is 3.82. The maximum absolute atomic E-state index is 6.43. The summed E-state index contributed by atoms with van der Waals surface area (Å²) in [5.74, 6) is 5.04. The van der Waals surface area contributed by atoms with Crippen molar-refractivity contribution in [3.63, 3.8) is 0 Å². The summed E-state index contributed by atoms with van der Waals surface area (Å²) in [5, 5.41) is 6.94. The predicted molar refractivity (Wildman–Crippen MR) is 212 cm³/mol. The molecule has 0 saturated heterocycles. The number of hydrogen-bond acceptors (Lipinski definition) is 5. The molecule has 0 radical (unpaired) electrons. The van der Waals surface area contributed by atoms with Crippen molar-refractivity contribution in [3.05, 3.63) is 182 Å². The van der Waals surface area contributed by atoms with Gasteiger partial charge in [-0.15, -0.1) is 35.7 Å². The first kappa shape index (κ1) is 35.6. The Kier molecular flexibility index (Phi) is 10.0. The zero-order valence-corrected chi connectivity index (χ0v) is 32.3. The molecule has 9 rings (SSSR count). The molecule has 270 valence electrons. The van der Waals surface area contributed by atoms with Crippen LogP contribution in [-0.2, 0) is 21.1 Å². The van der Waals surface area contributed by atoms with Gasteiger partial charge < -0.3 is 18.8 Å². The Hall–Kier alpha value is -6.43. The maximum atomic E-state index is 6.43. The third kappa shape index (κ3) is 7.27. The van der Waals surface area contributed by atoms with Gasteiger partial charge in [-0.25, -0.2) is 4.98 Å². The van der Waals surface area contributed by atoms with Crippen LogP contribution < -0.4 is 14.2 Å². The quantitative estimate of drug-likeness (QED) is 0.128. The fourth-order valence-electron chi connectivity index (χ4n) is 6.62. The molecule has 0 spiro atoms. The number of benzene rings is 6. The first-order valence-electron chi connectivity index (χ1n) is 17.8. The van der Waals surface area contributed by atoms with Crippen LogP contribution in [0.5, 0.6) is 34.5 Å². The molecule has 8 heteroatoms. The van der Waals surface area contributed by atoms with E-state index in [1.807, 2.05) is 116 Å². The molecule has 0 aliphatic rings. The van der Waals surface area contributed by atoms with Crippen molar-refractivity contribution in [2.75, 3.05) is 0 Å². The maximum Gasteiger partial charge on any atom is 2.00 e. The van der Waals surface area contributed by atoms with E-state index in [1.165, 1.54) is 5.56 Å². The Balaban J connectivity index is 0.00000427. The predicted octanol–water partition coefficient (Wildman–Crippen LogP) is 12.1. The molecule has 3 heterocycles. The van der Waals surface area contributed by atoms with Crippen molar-refractivity contribution in [3.8, 4) is 57.1 Å². The van der Waals surface area contributed by atoms with Gasteiger partial charge in [0.25, 0.3) is 0 Å². The van der Waals surface area contributed by atoms with Gasteiger partial charge in [-0.3, -0.25) is 4.68 Å². The number of aromatic nitrogens is 4. The fourth-order valence-corrected chi connectivity index (χ4v) is 6.62. The Morgan fingerprint density at radius 2 is 1.29 bits per heavy atom. The van der Waals surface area contributed by atoms with E-state index in [-0.39, 0.29) is 21.1 Å². The molecule has 0 aliphatic heterocycles. The largest absolute Gasteiger partial charge is 2.00 e. The molecular weight excluding hydrogens is 864 g/mol. The Labute approximate surface area is 333 Å². The molecule has 0 N–H and O–H groups in total. The van der Waals surface area contributed by atoms with E-state index in [1.54, 1.807) is 10.9 Å². The van der Waals surface area contributed by atoms with Crippen molar-refractivity contribution in [2.45, 2.75) is 19.8 Å². The van der Waals surface area contributed by atoms with Crippen LogP contribution >= 0.6 is 0 Å². The van der Waals surface area contributed by atoms with Gasteiger partial charge in [0.15, 0.2) is 0 Å². The molecule has 9 aromatic rings. The summed E-state index contributed by atoms with van der Waals surface area (Å²) >= 11 is 0. The molecule has 0 saturated carbocycles. The summed E-state index contributed by atoms with van der Waals surface area (Å²) < 4.78 is 23.1. The number of nitrogens with zero attached hydrogens (tertiary/aromatic N) is 4. The normalized spacial score (nSPS) is 11.1. The standard InChI is InChI=1S/C47H34N4O3.Pt/c1-32(2)33-25-26-48-46(27-33)51-42-20-10-9-19-40(42)41-24-23-39(29-43(41)51)52-38-18-11-13-35(28-38)50-31-34(30-49-50)47-44(53-36-14-5-3-6-15-36)21-12-22-45(47)54-37-16-7-4-8-17-37;/h3-27,30-32H,1-2H3;/q-2;+2. The molecule has 7 nitrogen and oxygen atoms in total. The number of hydrogen-bond donors (Lipinski definition) is 0. The van der Waals surface area contributed by atoms with E-state index >= 15 is 0 Å². The third-order valence-corrected chi connectivity index (χ3v) is 9.24. The van der Waals surface area contributed by atoms with Crippen LogP contribution in [0.25, 0.3) is 44.4 Å². The molecule has 0 aliphatic carbocycles. The van der Waals surface area contributed by atoms with Gasteiger partial charge in [0.05, 0.1) is 11.8 Å². The van der Waals surface area contributed by atoms with Gasteiger partial charge in [-0.2, -0.15) is 17.2 Å². The Bertz CT molecular complexity index is 2680. The van der Waals surface area contributed by atoms with Gasteiger partial charge in [0, 0.05) is 35.0 Å². The zero-order chi connectivity index (χ0) is 36.4. The van der Waals surface area contributed by atoms with E-state index < -0.39 is 0 Å². The number of rotatable bonds is 10. The molecule has 3 aromatic heterocycles. The minimum Gasteiger partial charge on any atom is -0.509 e. The van der Waals surface area contributed by atoms with Crippen LogP contribution in [0.3, 0.4) is 0 Å². The van der Waals surface area contributed by atoms with Gasteiger partial charge in [0.2, 0.25) is 0 Å². The van der Waals surface area contributed by atoms with E-state index in [0.717, 1.165) is 50.2 Å². The summed E-state index contributed by atoms with van der Waals surface area (Å²) in [6.07, 6.45) is 5.61. The minimum absolute atomic E-state index is 0. The number of pyridine rings is 1. The van der Waals surface area contributed by atoms with Gasteiger partial charge >= 0.3 is 21.1 Å². The molecule has 0 unspecified atom stereocenters. The molecule has 0 amide bonds. The van der Waals surface area contributed by atoms with Crippen molar-refractivity contribution in [1.29, 1.82) is 0 Å². The van der Waals surface area contributed by atoms with Crippen LogP contribution in [0, 0.1) is 12.1 Å². The average molecular weight is 898 g/mol. The van der Waals surface area contributed by atoms with Crippen molar-refractivity contribution in [1.82, 2.24) is 19.3 Å². The minimum atomic E-state index is 0. The second-order valence-corrected chi connectivity index (χ2v) is 13.2. The molecule has 55 heavy (non-hydrogen) atoms. The van der Waals surface area contributed by atoms with Crippen LogP contribution in [0.2, 0.25) is 0 Å². The number of para-hydroxylation sites is 3.